The molecule has 172 valence electrons. The van der Waals surface area contributed by atoms with Gasteiger partial charge in [-0.3, -0.25) is 9.59 Å². The summed E-state index contributed by atoms with van der Waals surface area (Å²) in [6.07, 6.45) is 6.20. The molecule has 0 bridgehead atoms. The summed E-state index contributed by atoms with van der Waals surface area (Å²) in [5.74, 6) is 1.07. The fourth-order valence-corrected chi connectivity index (χ4v) is 5.16. The first-order valence-electron chi connectivity index (χ1n) is 11.5. The lowest BCUT2D eigenvalue weighted by atomic mass is 9.95. The fourth-order valence-electron chi connectivity index (χ4n) is 4.16. The second kappa shape index (κ2) is 12.9. The Labute approximate surface area is 201 Å². The SMILES string of the molecule is CCC(C(=O)NC1CCCCC1)N(Cc1ccc(Cl)cc1)C(=O)CSCc1ccccc1. The van der Waals surface area contributed by atoms with E-state index in [0.717, 1.165) is 37.0 Å². The molecule has 3 rings (SSSR count). The minimum absolute atomic E-state index is 0.00785. The molecular weight excluding hydrogens is 440 g/mol. The van der Waals surface area contributed by atoms with Crippen molar-refractivity contribution in [2.45, 2.75) is 69.8 Å². The highest BCUT2D eigenvalue weighted by atomic mass is 35.5. The van der Waals surface area contributed by atoms with E-state index in [2.05, 4.69) is 17.4 Å². The van der Waals surface area contributed by atoms with Crippen LogP contribution in [0.4, 0.5) is 0 Å². The van der Waals surface area contributed by atoms with Gasteiger partial charge in [-0.05, 0) is 42.5 Å². The normalized spacial score (nSPS) is 15.2. The number of nitrogens with zero attached hydrogens (tertiary/aromatic N) is 1. The van der Waals surface area contributed by atoms with Gasteiger partial charge in [0, 0.05) is 23.4 Å². The predicted octanol–water partition coefficient (Wildman–Crippen LogP) is 5.83. The number of rotatable bonds is 10. The molecule has 6 heteroatoms. The molecule has 32 heavy (non-hydrogen) atoms. The van der Waals surface area contributed by atoms with Crippen LogP contribution in [0.5, 0.6) is 0 Å². The van der Waals surface area contributed by atoms with Crippen LogP contribution in [-0.4, -0.2) is 34.6 Å². The van der Waals surface area contributed by atoms with Gasteiger partial charge in [-0.2, -0.15) is 0 Å². The zero-order valence-corrected chi connectivity index (χ0v) is 20.3. The summed E-state index contributed by atoms with van der Waals surface area (Å²) < 4.78 is 0. The summed E-state index contributed by atoms with van der Waals surface area (Å²) in [4.78, 5) is 28.2. The van der Waals surface area contributed by atoms with E-state index >= 15 is 0 Å². The predicted molar refractivity (Wildman–Crippen MR) is 134 cm³/mol. The lowest BCUT2D eigenvalue weighted by Gasteiger charge is -2.32. The molecule has 2 aromatic carbocycles. The third-order valence-electron chi connectivity index (χ3n) is 5.94. The van der Waals surface area contributed by atoms with Crippen molar-refractivity contribution in [2.24, 2.45) is 0 Å². The van der Waals surface area contributed by atoms with Crippen LogP contribution >= 0.6 is 23.4 Å². The topological polar surface area (TPSA) is 49.4 Å². The molecule has 4 nitrogen and oxygen atoms in total. The first-order chi connectivity index (χ1) is 15.6. The number of hydrogen-bond acceptors (Lipinski definition) is 3. The van der Waals surface area contributed by atoms with Gasteiger partial charge in [0.1, 0.15) is 6.04 Å². The molecule has 2 aromatic rings. The Balaban J connectivity index is 1.69. The van der Waals surface area contributed by atoms with E-state index in [-0.39, 0.29) is 17.9 Å². The van der Waals surface area contributed by atoms with E-state index in [4.69, 9.17) is 11.6 Å². The number of benzene rings is 2. The molecule has 0 spiro atoms. The van der Waals surface area contributed by atoms with Crippen LogP contribution in [0.25, 0.3) is 0 Å². The van der Waals surface area contributed by atoms with Crippen LogP contribution in [0.1, 0.15) is 56.6 Å². The molecule has 1 aliphatic rings. The van der Waals surface area contributed by atoms with Crippen LogP contribution in [-0.2, 0) is 21.9 Å². The first kappa shape index (κ1) is 24.7. The number of halogens is 1. The standard InChI is InChI=1S/C26H33ClN2O2S/c1-2-24(26(31)28-23-11-7-4-8-12-23)29(17-20-13-15-22(27)16-14-20)25(30)19-32-18-21-9-5-3-6-10-21/h3,5-6,9-10,13-16,23-24H,2,4,7-8,11-12,17-19H2,1H3,(H,28,31). The number of amides is 2. The van der Waals surface area contributed by atoms with Crippen LogP contribution in [0.15, 0.2) is 54.6 Å². The second-order valence-corrected chi connectivity index (χ2v) is 9.82. The molecule has 1 atom stereocenters. The van der Waals surface area contributed by atoms with Crippen LogP contribution in [0, 0.1) is 0 Å². The molecule has 0 saturated heterocycles. The summed E-state index contributed by atoms with van der Waals surface area (Å²) >= 11 is 7.63. The monoisotopic (exact) mass is 472 g/mol. The van der Waals surface area contributed by atoms with Gasteiger partial charge in [-0.25, -0.2) is 0 Å². The summed E-state index contributed by atoms with van der Waals surface area (Å²) in [6.45, 7) is 2.38. The third kappa shape index (κ3) is 7.56. The van der Waals surface area contributed by atoms with Gasteiger partial charge in [0.2, 0.25) is 11.8 Å². The van der Waals surface area contributed by atoms with E-state index in [0.29, 0.717) is 23.7 Å². The summed E-state index contributed by atoms with van der Waals surface area (Å²) in [5, 5.41) is 3.88. The maximum absolute atomic E-state index is 13.3. The van der Waals surface area contributed by atoms with Gasteiger partial charge in [-0.1, -0.05) is 80.3 Å². The van der Waals surface area contributed by atoms with Gasteiger partial charge in [0.25, 0.3) is 0 Å². The van der Waals surface area contributed by atoms with Crippen molar-refractivity contribution in [3.63, 3.8) is 0 Å². The zero-order chi connectivity index (χ0) is 22.8. The molecule has 0 aliphatic heterocycles. The van der Waals surface area contributed by atoms with Crippen molar-refractivity contribution in [3.8, 4) is 0 Å². The number of nitrogens with one attached hydrogen (secondary N) is 1. The number of thioether (sulfide) groups is 1. The quantitative estimate of drug-likeness (QED) is 0.473. The van der Waals surface area contributed by atoms with Gasteiger partial charge < -0.3 is 10.2 Å². The van der Waals surface area contributed by atoms with E-state index in [9.17, 15) is 9.59 Å². The van der Waals surface area contributed by atoms with E-state index in [1.807, 2.05) is 49.4 Å². The third-order valence-corrected chi connectivity index (χ3v) is 7.18. The summed E-state index contributed by atoms with van der Waals surface area (Å²) in [6, 6.07) is 17.4. The zero-order valence-electron chi connectivity index (χ0n) is 18.8. The molecule has 1 N–H and O–H groups in total. The van der Waals surface area contributed by atoms with Gasteiger partial charge >= 0.3 is 0 Å². The summed E-state index contributed by atoms with van der Waals surface area (Å²) in [7, 11) is 0. The Morgan fingerprint density at radius 2 is 1.72 bits per heavy atom. The lowest BCUT2D eigenvalue weighted by molar-refractivity contribution is -0.139. The molecule has 1 saturated carbocycles. The minimum atomic E-state index is -0.475. The van der Waals surface area contributed by atoms with Crippen molar-refractivity contribution < 1.29 is 9.59 Å². The van der Waals surface area contributed by atoms with Crippen molar-refractivity contribution in [1.82, 2.24) is 10.2 Å². The highest BCUT2D eigenvalue weighted by Crippen LogP contribution is 2.21. The van der Waals surface area contributed by atoms with Crippen LogP contribution < -0.4 is 5.32 Å². The Morgan fingerprint density at radius 1 is 1.03 bits per heavy atom. The Bertz CT molecular complexity index is 854. The summed E-state index contributed by atoms with van der Waals surface area (Å²) in [5.41, 5.74) is 2.16. The number of hydrogen-bond donors (Lipinski definition) is 1. The number of carbonyl (C=O) groups excluding carboxylic acids is 2. The second-order valence-electron chi connectivity index (χ2n) is 8.39. The van der Waals surface area contributed by atoms with Crippen molar-refractivity contribution >= 4 is 35.2 Å². The lowest BCUT2D eigenvalue weighted by Crippen LogP contribution is -2.52. The Morgan fingerprint density at radius 3 is 2.38 bits per heavy atom. The Hall–Kier alpha value is -1.98. The molecule has 0 aromatic heterocycles. The van der Waals surface area contributed by atoms with Crippen molar-refractivity contribution in [1.29, 1.82) is 0 Å². The van der Waals surface area contributed by atoms with Crippen molar-refractivity contribution in [2.75, 3.05) is 5.75 Å². The van der Waals surface area contributed by atoms with Gasteiger partial charge in [-0.15, -0.1) is 11.8 Å². The average Bonchev–Trinajstić information content (AvgIpc) is 2.81. The smallest absolute Gasteiger partial charge is 0.243 e. The van der Waals surface area contributed by atoms with Crippen molar-refractivity contribution in [3.05, 3.63) is 70.7 Å². The highest BCUT2D eigenvalue weighted by molar-refractivity contribution is 7.99. The average molecular weight is 473 g/mol. The maximum Gasteiger partial charge on any atom is 0.243 e. The minimum Gasteiger partial charge on any atom is -0.352 e. The van der Waals surface area contributed by atoms with Gasteiger partial charge in [0.05, 0.1) is 5.75 Å². The molecule has 1 fully saturated rings. The molecule has 0 heterocycles. The van der Waals surface area contributed by atoms with Gasteiger partial charge in [0.15, 0.2) is 0 Å². The number of carbonyl (C=O) groups is 2. The first-order valence-corrected chi connectivity index (χ1v) is 13.1. The molecule has 0 radical (unpaired) electrons. The maximum atomic E-state index is 13.3. The molecule has 1 aliphatic carbocycles. The Kier molecular flexibility index (Phi) is 9.94. The van der Waals surface area contributed by atoms with E-state index in [1.54, 1.807) is 16.7 Å². The van der Waals surface area contributed by atoms with Crippen LogP contribution in [0.3, 0.4) is 0 Å². The molecular formula is C26H33ClN2O2S. The van der Waals surface area contributed by atoms with Crippen LogP contribution in [0.2, 0.25) is 5.02 Å². The largest absolute Gasteiger partial charge is 0.352 e. The fraction of sp³-hybridized carbons (Fsp3) is 0.462. The van der Waals surface area contributed by atoms with E-state index in [1.165, 1.54) is 12.0 Å². The van der Waals surface area contributed by atoms with E-state index < -0.39 is 6.04 Å². The highest BCUT2D eigenvalue weighted by Gasteiger charge is 2.30. The molecule has 2 amide bonds. The molecule has 1 unspecified atom stereocenters.